The van der Waals surface area contributed by atoms with Gasteiger partial charge >= 0.3 is 0 Å². The zero-order chi connectivity index (χ0) is 14.7. The first-order valence-corrected chi connectivity index (χ1v) is 6.55. The molecular formula is C17H19NO2. The van der Waals surface area contributed by atoms with E-state index < -0.39 is 0 Å². The van der Waals surface area contributed by atoms with E-state index in [9.17, 15) is 4.79 Å². The van der Waals surface area contributed by atoms with Crippen molar-refractivity contribution in [1.82, 2.24) is 0 Å². The fourth-order valence-electron chi connectivity index (χ4n) is 2.19. The highest BCUT2D eigenvalue weighted by Gasteiger charge is 2.16. The third kappa shape index (κ3) is 2.82. The predicted molar refractivity (Wildman–Crippen MR) is 81.7 cm³/mol. The summed E-state index contributed by atoms with van der Waals surface area (Å²) in [5.74, 6) is 0.778. The molecule has 2 aromatic rings. The van der Waals surface area contributed by atoms with Gasteiger partial charge in [0.2, 0.25) is 5.91 Å². The number of methoxy groups -OCH3 is 1. The second-order valence-electron chi connectivity index (χ2n) is 4.84. The average Bonchev–Trinajstić information content (AvgIpc) is 2.42. The molecule has 0 fully saturated rings. The fraction of sp³-hybridized carbons (Fsp3) is 0.235. The summed E-state index contributed by atoms with van der Waals surface area (Å²) in [6, 6.07) is 13.6. The van der Waals surface area contributed by atoms with Gasteiger partial charge in [-0.15, -0.1) is 0 Å². The van der Waals surface area contributed by atoms with E-state index >= 15 is 0 Å². The van der Waals surface area contributed by atoms with Crippen molar-refractivity contribution in [3.05, 3.63) is 53.6 Å². The lowest BCUT2D eigenvalue weighted by atomic mass is 10.1. The van der Waals surface area contributed by atoms with Crippen LogP contribution in [0.3, 0.4) is 0 Å². The Labute approximate surface area is 119 Å². The van der Waals surface area contributed by atoms with E-state index in [0.29, 0.717) is 0 Å². The maximum absolute atomic E-state index is 12.0. The molecule has 0 aliphatic rings. The van der Waals surface area contributed by atoms with Crippen molar-refractivity contribution in [1.29, 1.82) is 0 Å². The largest absolute Gasteiger partial charge is 0.497 e. The Hall–Kier alpha value is -2.29. The molecule has 1 amide bonds. The lowest BCUT2D eigenvalue weighted by molar-refractivity contribution is -0.115. The van der Waals surface area contributed by atoms with Crippen LogP contribution in [0.4, 0.5) is 11.4 Å². The zero-order valence-corrected chi connectivity index (χ0v) is 12.3. The van der Waals surface area contributed by atoms with Crippen molar-refractivity contribution in [2.75, 3.05) is 12.0 Å². The Morgan fingerprint density at radius 1 is 1.05 bits per heavy atom. The lowest BCUT2D eigenvalue weighted by Gasteiger charge is -2.23. The van der Waals surface area contributed by atoms with E-state index in [1.165, 1.54) is 5.56 Å². The third-order valence-corrected chi connectivity index (χ3v) is 3.25. The molecule has 0 saturated carbocycles. The second kappa shape index (κ2) is 5.78. The number of hydrogen-bond donors (Lipinski definition) is 0. The topological polar surface area (TPSA) is 29.5 Å². The van der Waals surface area contributed by atoms with E-state index in [-0.39, 0.29) is 5.91 Å². The summed E-state index contributed by atoms with van der Waals surface area (Å²) in [4.78, 5) is 13.7. The van der Waals surface area contributed by atoms with Gasteiger partial charge in [0.25, 0.3) is 0 Å². The number of hydrogen-bond acceptors (Lipinski definition) is 2. The number of carbonyl (C=O) groups excluding carboxylic acids is 1. The minimum atomic E-state index is -0.0119. The van der Waals surface area contributed by atoms with Gasteiger partial charge in [-0.05, 0) is 49.7 Å². The average molecular weight is 269 g/mol. The number of amides is 1. The van der Waals surface area contributed by atoms with Gasteiger partial charge in [-0.3, -0.25) is 9.69 Å². The van der Waals surface area contributed by atoms with E-state index in [0.717, 1.165) is 22.7 Å². The van der Waals surface area contributed by atoms with E-state index in [1.54, 1.807) is 18.9 Å². The van der Waals surface area contributed by atoms with Crippen LogP contribution in [0.15, 0.2) is 42.5 Å². The molecule has 3 nitrogen and oxygen atoms in total. The molecule has 0 atom stereocenters. The van der Waals surface area contributed by atoms with E-state index in [4.69, 9.17) is 4.74 Å². The molecule has 0 radical (unpaired) electrons. The first-order chi connectivity index (χ1) is 9.52. The van der Waals surface area contributed by atoms with Crippen molar-refractivity contribution >= 4 is 17.3 Å². The molecule has 2 rings (SSSR count). The quantitative estimate of drug-likeness (QED) is 0.843. The van der Waals surface area contributed by atoms with Crippen molar-refractivity contribution in [3.63, 3.8) is 0 Å². The second-order valence-corrected chi connectivity index (χ2v) is 4.84. The maximum Gasteiger partial charge on any atom is 0.228 e. The van der Waals surface area contributed by atoms with Crippen LogP contribution in [0, 0.1) is 13.8 Å². The molecule has 0 spiro atoms. The number of aryl methyl sites for hydroxylation is 2. The van der Waals surface area contributed by atoms with Gasteiger partial charge in [0.05, 0.1) is 12.8 Å². The predicted octanol–water partition coefficient (Wildman–Crippen LogP) is 4.00. The Kier molecular flexibility index (Phi) is 4.08. The first kappa shape index (κ1) is 14.1. The number of ether oxygens (including phenoxy) is 1. The molecule has 0 aliphatic heterocycles. The standard InChI is InChI=1S/C17H19NO2/c1-12-5-7-15(8-6-12)18(14(3)19)17-10-9-16(20-4)11-13(17)2/h5-11H,1-4H3. The molecule has 0 aliphatic carbocycles. The summed E-state index contributed by atoms with van der Waals surface area (Å²) >= 11 is 0. The van der Waals surface area contributed by atoms with Gasteiger partial charge < -0.3 is 4.74 Å². The molecule has 2 aromatic carbocycles. The normalized spacial score (nSPS) is 10.2. The van der Waals surface area contributed by atoms with E-state index in [2.05, 4.69) is 0 Å². The SMILES string of the molecule is COc1ccc(N(C(C)=O)c2ccc(C)cc2)c(C)c1. The number of nitrogens with zero attached hydrogens (tertiary/aromatic N) is 1. The highest BCUT2D eigenvalue weighted by Crippen LogP contribution is 2.31. The van der Waals surface area contributed by atoms with Crippen LogP contribution in [-0.2, 0) is 4.79 Å². The van der Waals surface area contributed by atoms with Crippen molar-refractivity contribution in [3.8, 4) is 5.75 Å². The van der Waals surface area contributed by atoms with E-state index in [1.807, 2.05) is 56.3 Å². The van der Waals surface area contributed by atoms with Gasteiger partial charge in [0.15, 0.2) is 0 Å². The molecule has 0 bridgehead atoms. The van der Waals surface area contributed by atoms with Crippen LogP contribution in [0.2, 0.25) is 0 Å². The summed E-state index contributed by atoms with van der Waals surface area (Å²) in [5.41, 5.74) is 3.92. The molecule has 0 heterocycles. The third-order valence-electron chi connectivity index (χ3n) is 3.25. The summed E-state index contributed by atoms with van der Waals surface area (Å²) in [6.45, 7) is 5.58. The van der Waals surface area contributed by atoms with Crippen LogP contribution >= 0.6 is 0 Å². The molecule has 0 saturated heterocycles. The Morgan fingerprint density at radius 2 is 1.70 bits per heavy atom. The van der Waals surface area contributed by atoms with Gasteiger partial charge in [-0.25, -0.2) is 0 Å². The summed E-state index contributed by atoms with van der Waals surface area (Å²) in [6.07, 6.45) is 0. The highest BCUT2D eigenvalue weighted by molar-refractivity contribution is 5.99. The Balaban J connectivity index is 2.49. The van der Waals surface area contributed by atoms with Crippen molar-refractivity contribution < 1.29 is 9.53 Å². The molecular weight excluding hydrogens is 250 g/mol. The lowest BCUT2D eigenvalue weighted by Crippen LogP contribution is -2.23. The number of carbonyl (C=O) groups is 1. The number of anilines is 2. The van der Waals surface area contributed by atoms with Crippen LogP contribution in [-0.4, -0.2) is 13.0 Å². The molecule has 104 valence electrons. The van der Waals surface area contributed by atoms with Gasteiger partial charge in [-0.1, -0.05) is 17.7 Å². The molecule has 3 heteroatoms. The minimum Gasteiger partial charge on any atom is -0.497 e. The minimum absolute atomic E-state index is 0.0119. The first-order valence-electron chi connectivity index (χ1n) is 6.55. The maximum atomic E-state index is 12.0. The summed E-state index contributed by atoms with van der Waals surface area (Å²) in [7, 11) is 1.64. The number of rotatable bonds is 3. The molecule has 20 heavy (non-hydrogen) atoms. The van der Waals surface area contributed by atoms with Crippen LogP contribution in [0.1, 0.15) is 18.1 Å². The molecule has 0 N–H and O–H groups in total. The fourth-order valence-corrected chi connectivity index (χ4v) is 2.19. The Morgan fingerprint density at radius 3 is 2.20 bits per heavy atom. The smallest absolute Gasteiger partial charge is 0.228 e. The summed E-state index contributed by atoms with van der Waals surface area (Å²) in [5, 5.41) is 0. The zero-order valence-electron chi connectivity index (χ0n) is 12.3. The van der Waals surface area contributed by atoms with Crippen molar-refractivity contribution in [2.45, 2.75) is 20.8 Å². The van der Waals surface area contributed by atoms with Gasteiger partial charge in [0.1, 0.15) is 5.75 Å². The monoisotopic (exact) mass is 269 g/mol. The van der Waals surface area contributed by atoms with Crippen molar-refractivity contribution in [2.24, 2.45) is 0 Å². The summed E-state index contributed by atoms with van der Waals surface area (Å²) < 4.78 is 5.21. The Bertz CT molecular complexity index is 617. The van der Waals surface area contributed by atoms with Gasteiger partial charge in [-0.2, -0.15) is 0 Å². The van der Waals surface area contributed by atoms with Crippen LogP contribution in [0.5, 0.6) is 5.75 Å². The highest BCUT2D eigenvalue weighted by atomic mass is 16.5. The van der Waals surface area contributed by atoms with Crippen LogP contribution in [0.25, 0.3) is 0 Å². The van der Waals surface area contributed by atoms with Crippen LogP contribution < -0.4 is 9.64 Å². The van der Waals surface area contributed by atoms with Gasteiger partial charge in [0, 0.05) is 12.6 Å². The number of benzene rings is 2. The molecule has 0 aromatic heterocycles. The molecule has 0 unspecified atom stereocenters.